The molecule has 4 nitrogen and oxygen atoms in total. The molecule has 2 atom stereocenters. The van der Waals surface area contributed by atoms with Crippen LogP contribution >= 0.6 is 11.6 Å². The molecule has 0 spiro atoms. The summed E-state index contributed by atoms with van der Waals surface area (Å²) in [5, 5.41) is 19.4. The summed E-state index contributed by atoms with van der Waals surface area (Å²) in [7, 11) is 0. The van der Waals surface area contributed by atoms with E-state index in [1.807, 2.05) is 0 Å². The minimum Gasteiger partial charge on any atom is -0.480 e. The Kier molecular flexibility index (Phi) is 6.66. The van der Waals surface area contributed by atoms with Gasteiger partial charge in [0.25, 0.3) is 0 Å². The van der Waals surface area contributed by atoms with E-state index in [9.17, 15) is 18.3 Å². The molecule has 0 aliphatic heterocycles. The van der Waals surface area contributed by atoms with Gasteiger partial charge in [0.1, 0.15) is 5.75 Å². The van der Waals surface area contributed by atoms with Gasteiger partial charge in [-0.15, -0.1) is 0 Å². The Morgan fingerprint density at radius 2 is 1.76 bits per heavy atom. The SMILES string of the molecule is OCCOC(O)C(Oc1cccc(C(F)(F)F)c1)c1ccc(Cl)cc1. The molecule has 0 aliphatic carbocycles. The molecule has 0 radical (unpaired) electrons. The third-order valence-corrected chi connectivity index (χ3v) is 3.51. The van der Waals surface area contributed by atoms with Crippen molar-refractivity contribution in [1.82, 2.24) is 0 Å². The van der Waals surface area contributed by atoms with Crippen LogP contribution in [0.4, 0.5) is 13.2 Å². The largest absolute Gasteiger partial charge is 0.480 e. The normalized spacial score (nSPS) is 14.2. The first-order chi connectivity index (χ1) is 11.8. The van der Waals surface area contributed by atoms with Crippen LogP contribution in [-0.4, -0.2) is 29.7 Å². The van der Waals surface area contributed by atoms with E-state index in [1.54, 1.807) is 24.3 Å². The highest BCUT2D eigenvalue weighted by Gasteiger charge is 2.31. The van der Waals surface area contributed by atoms with Gasteiger partial charge in [-0.1, -0.05) is 29.8 Å². The highest BCUT2D eigenvalue weighted by molar-refractivity contribution is 6.30. The Morgan fingerprint density at radius 3 is 2.36 bits per heavy atom. The van der Waals surface area contributed by atoms with Crippen LogP contribution in [0.25, 0.3) is 0 Å². The van der Waals surface area contributed by atoms with Gasteiger partial charge in [0, 0.05) is 5.02 Å². The molecule has 2 rings (SSSR count). The fourth-order valence-electron chi connectivity index (χ4n) is 2.10. The van der Waals surface area contributed by atoms with E-state index >= 15 is 0 Å². The van der Waals surface area contributed by atoms with E-state index in [2.05, 4.69) is 0 Å². The zero-order valence-electron chi connectivity index (χ0n) is 12.9. The Bertz CT molecular complexity index is 676. The Morgan fingerprint density at radius 1 is 1.08 bits per heavy atom. The van der Waals surface area contributed by atoms with Gasteiger partial charge >= 0.3 is 6.18 Å². The second-order valence-corrected chi connectivity index (χ2v) is 5.54. The minimum atomic E-state index is -4.51. The van der Waals surface area contributed by atoms with Crippen molar-refractivity contribution in [2.75, 3.05) is 13.2 Å². The van der Waals surface area contributed by atoms with E-state index in [4.69, 9.17) is 26.2 Å². The lowest BCUT2D eigenvalue weighted by Crippen LogP contribution is -2.27. The molecule has 0 saturated carbocycles. The van der Waals surface area contributed by atoms with Crippen molar-refractivity contribution in [3.8, 4) is 5.75 Å². The molecule has 0 aliphatic rings. The van der Waals surface area contributed by atoms with Crippen molar-refractivity contribution in [3.05, 3.63) is 64.7 Å². The summed E-state index contributed by atoms with van der Waals surface area (Å²) in [6.07, 6.45) is -7.11. The maximum Gasteiger partial charge on any atom is 0.416 e. The molecule has 2 aromatic carbocycles. The number of hydrogen-bond donors (Lipinski definition) is 2. The number of hydrogen-bond acceptors (Lipinski definition) is 4. The number of aliphatic hydroxyl groups excluding tert-OH is 2. The molecule has 136 valence electrons. The lowest BCUT2D eigenvalue weighted by atomic mass is 10.1. The average molecular weight is 377 g/mol. The molecule has 0 saturated heterocycles. The van der Waals surface area contributed by atoms with E-state index in [0.717, 1.165) is 12.1 Å². The van der Waals surface area contributed by atoms with Crippen molar-refractivity contribution >= 4 is 11.6 Å². The average Bonchev–Trinajstić information content (AvgIpc) is 2.58. The van der Waals surface area contributed by atoms with E-state index < -0.39 is 24.1 Å². The zero-order valence-corrected chi connectivity index (χ0v) is 13.7. The summed E-state index contributed by atoms with van der Waals surface area (Å²) >= 11 is 5.82. The molecule has 0 heterocycles. The van der Waals surface area contributed by atoms with Crippen LogP contribution in [0.5, 0.6) is 5.75 Å². The van der Waals surface area contributed by atoms with Gasteiger partial charge in [-0.25, -0.2) is 0 Å². The van der Waals surface area contributed by atoms with Crippen LogP contribution in [0.1, 0.15) is 17.2 Å². The Labute approximate surface area is 147 Å². The van der Waals surface area contributed by atoms with Crippen molar-refractivity contribution < 1.29 is 32.9 Å². The molecular weight excluding hydrogens is 361 g/mol. The molecule has 0 amide bonds. The molecule has 0 bridgehead atoms. The minimum absolute atomic E-state index is 0.0820. The predicted molar refractivity (Wildman–Crippen MR) is 85.3 cm³/mol. The second-order valence-electron chi connectivity index (χ2n) is 5.10. The summed E-state index contributed by atoms with van der Waals surface area (Å²) in [5.41, 5.74) is -0.419. The quantitative estimate of drug-likeness (QED) is 0.721. The molecule has 25 heavy (non-hydrogen) atoms. The highest BCUT2D eigenvalue weighted by atomic mass is 35.5. The molecule has 2 unspecified atom stereocenters. The van der Waals surface area contributed by atoms with Gasteiger partial charge < -0.3 is 19.7 Å². The fraction of sp³-hybridized carbons (Fsp3) is 0.294. The molecule has 0 fully saturated rings. The van der Waals surface area contributed by atoms with Gasteiger partial charge in [0.15, 0.2) is 12.4 Å². The topological polar surface area (TPSA) is 58.9 Å². The highest BCUT2D eigenvalue weighted by Crippen LogP contribution is 2.33. The number of benzene rings is 2. The smallest absolute Gasteiger partial charge is 0.416 e. The van der Waals surface area contributed by atoms with Gasteiger partial charge in [0.2, 0.25) is 0 Å². The first kappa shape index (κ1) is 19.5. The van der Waals surface area contributed by atoms with Gasteiger partial charge in [-0.05, 0) is 35.9 Å². The van der Waals surface area contributed by atoms with Crippen LogP contribution in [0, 0.1) is 0 Å². The monoisotopic (exact) mass is 376 g/mol. The summed E-state index contributed by atoms with van der Waals surface area (Å²) < 4.78 is 49.0. The van der Waals surface area contributed by atoms with Crippen molar-refractivity contribution in [2.45, 2.75) is 18.6 Å². The van der Waals surface area contributed by atoms with Crippen LogP contribution in [0.3, 0.4) is 0 Å². The summed E-state index contributed by atoms with van der Waals surface area (Å²) in [5.74, 6) is -0.0820. The van der Waals surface area contributed by atoms with Crippen molar-refractivity contribution in [1.29, 1.82) is 0 Å². The van der Waals surface area contributed by atoms with Crippen LogP contribution in [0.2, 0.25) is 5.02 Å². The number of alkyl halides is 3. The van der Waals surface area contributed by atoms with Crippen LogP contribution < -0.4 is 4.74 Å². The molecule has 0 aromatic heterocycles. The van der Waals surface area contributed by atoms with Crippen molar-refractivity contribution in [3.63, 3.8) is 0 Å². The maximum atomic E-state index is 12.8. The summed E-state index contributed by atoms with van der Waals surface area (Å²) in [4.78, 5) is 0. The second kappa shape index (κ2) is 8.53. The molecule has 2 N–H and O–H groups in total. The molecular formula is C17H16ClF3O4. The Balaban J connectivity index is 2.28. The first-order valence-electron chi connectivity index (χ1n) is 7.31. The standard InChI is InChI=1S/C17H16ClF3O4/c18-13-6-4-11(5-7-13)15(16(23)24-9-8-22)25-14-3-1-2-12(10-14)17(19,20)21/h1-7,10,15-16,22-23H,8-9H2. The third-order valence-electron chi connectivity index (χ3n) is 3.26. The van der Waals surface area contributed by atoms with Gasteiger partial charge in [0.05, 0.1) is 18.8 Å². The first-order valence-corrected chi connectivity index (χ1v) is 7.69. The number of rotatable bonds is 7. The zero-order chi connectivity index (χ0) is 18.4. The van der Waals surface area contributed by atoms with Gasteiger partial charge in [-0.2, -0.15) is 13.2 Å². The summed E-state index contributed by atoms with van der Waals surface area (Å²) in [6, 6.07) is 10.5. The Hall–Kier alpha value is -1.80. The predicted octanol–water partition coefficient (Wildman–Crippen LogP) is 3.81. The fourth-order valence-corrected chi connectivity index (χ4v) is 2.22. The lowest BCUT2D eigenvalue weighted by molar-refractivity contribution is -0.160. The lowest BCUT2D eigenvalue weighted by Gasteiger charge is -2.25. The van der Waals surface area contributed by atoms with Gasteiger partial charge in [-0.3, -0.25) is 0 Å². The van der Waals surface area contributed by atoms with E-state index in [1.165, 1.54) is 12.1 Å². The number of halogens is 4. The maximum absolute atomic E-state index is 12.8. The molecule has 8 heteroatoms. The van der Waals surface area contributed by atoms with Crippen LogP contribution in [-0.2, 0) is 10.9 Å². The third kappa shape index (κ3) is 5.61. The van der Waals surface area contributed by atoms with E-state index in [0.29, 0.717) is 10.6 Å². The summed E-state index contributed by atoms with van der Waals surface area (Å²) in [6.45, 7) is -0.481. The number of aliphatic hydroxyl groups is 2. The number of ether oxygens (including phenoxy) is 2. The van der Waals surface area contributed by atoms with Crippen molar-refractivity contribution in [2.24, 2.45) is 0 Å². The molecule has 2 aromatic rings. The van der Waals surface area contributed by atoms with E-state index in [-0.39, 0.29) is 19.0 Å². The van der Waals surface area contributed by atoms with Crippen LogP contribution in [0.15, 0.2) is 48.5 Å².